The van der Waals surface area contributed by atoms with Gasteiger partial charge in [0.25, 0.3) is 5.91 Å². The van der Waals surface area contributed by atoms with E-state index in [2.05, 4.69) is 36.1 Å². The molecule has 4 aromatic rings. The van der Waals surface area contributed by atoms with Gasteiger partial charge in [-0.25, -0.2) is 10.1 Å². The Bertz CT molecular complexity index is 1340. The zero-order valence-electron chi connectivity index (χ0n) is 18.8. The highest BCUT2D eigenvalue weighted by Gasteiger charge is 2.27. The van der Waals surface area contributed by atoms with Gasteiger partial charge in [0.2, 0.25) is 11.6 Å². The predicted octanol–water partition coefficient (Wildman–Crippen LogP) is 2.24. The van der Waals surface area contributed by atoms with Crippen LogP contribution in [0.2, 0.25) is 0 Å². The van der Waals surface area contributed by atoms with Gasteiger partial charge in [-0.3, -0.25) is 9.69 Å². The van der Waals surface area contributed by atoms with Crippen LogP contribution >= 0.6 is 0 Å². The first-order valence-corrected chi connectivity index (χ1v) is 10.9. The predicted molar refractivity (Wildman–Crippen MR) is 125 cm³/mol. The zero-order chi connectivity index (χ0) is 23.7. The van der Waals surface area contributed by atoms with Crippen molar-refractivity contribution in [3.8, 4) is 16.9 Å². The summed E-state index contributed by atoms with van der Waals surface area (Å²) >= 11 is 0. The number of aromatic nitrogens is 5. The van der Waals surface area contributed by atoms with Crippen molar-refractivity contribution in [2.24, 2.45) is 5.10 Å². The fraction of sp³-hybridized carbons (Fsp3) is 0.217. The highest BCUT2D eigenvalue weighted by Crippen LogP contribution is 2.36. The quantitative estimate of drug-likeness (QED) is 0.355. The fourth-order valence-electron chi connectivity index (χ4n) is 4.06. The number of carbonyl (C=O) groups is 1. The minimum absolute atomic E-state index is 0.0528. The highest BCUT2D eigenvalue weighted by molar-refractivity contribution is 6.24. The number of anilines is 1. The van der Waals surface area contributed by atoms with Crippen molar-refractivity contribution < 1.29 is 9.42 Å². The van der Waals surface area contributed by atoms with Gasteiger partial charge in [-0.2, -0.15) is 9.78 Å². The lowest BCUT2D eigenvalue weighted by atomic mass is 10.1. The van der Waals surface area contributed by atoms with Crippen LogP contribution in [0, 0.1) is 0 Å². The van der Waals surface area contributed by atoms with E-state index in [-0.39, 0.29) is 17.3 Å². The van der Waals surface area contributed by atoms with Crippen molar-refractivity contribution in [1.82, 2.24) is 35.6 Å². The fourth-order valence-corrected chi connectivity index (χ4v) is 4.06. The number of nitrogens with one attached hydrogen (secondary N) is 1. The molecule has 5 rings (SSSR count). The number of nitrogen functional groups attached to an aromatic ring is 1. The van der Waals surface area contributed by atoms with Gasteiger partial charge in [-0.1, -0.05) is 67.6 Å². The molecule has 0 atom stereocenters. The molecule has 2 aromatic heterocycles. The van der Waals surface area contributed by atoms with Crippen LogP contribution in [-0.2, 0) is 6.54 Å². The molecule has 1 aliphatic carbocycles. The van der Waals surface area contributed by atoms with Crippen LogP contribution in [0.25, 0.3) is 16.9 Å². The Morgan fingerprint density at radius 2 is 1.65 bits per heavy atom. The molecule has 0 radical (unpaired) electrons. The molecule has 0 saturated carbocycles. The Morgan fingerprint density at radius 1 is 1.03 bits per heavy atom. The molecule has 11 nitrogen and oxygen atoms in total. The van der Waals surface area contributed by atoms with E-state index in [1.165, 1.54) is 4.68 Å². The minimum Gasteiger partial charge on any atom is -0.378 e. The molecule has 2 aromatic carbocycles. The van der Waals surface area contributed by atoms with Crippen molar-refractivity contribution in [2.45, 2.75) is 20.4 Å². The Labute approximate surface area is 195 Å². The maximum atomic E-state index is 13.2. The number of hydrazone groups is 1. The number of amides is 1. The number of benzene rings is 2. The summed E-state index contributed by atoms with van der Waals surface area (Å²) in [5, 5.41) is 20.1. The largest absolute Gasteiger partial charge is 0.378 e. The Kier molecular flexibility index (Phi) is 5.60. The molecule has 3 N–H and O–H groups in total. The lowest BCUT2D eigenvalue weighted by Crippen LogP contribution is -2.27. The summed E-state index contributed by atoms with van der Waals surface area (Å²) in [6.07, 6.45) is 0. The van der Waals surface area contributed by atoms with Crippen molar-refractivity contribution in [3.63, 3.8) is 0 Å². The van der Waals surface area contributed by atoms with Gasteiger partial charge in [0.15, 0.2) is 5.69 Å². The van der Waals surface area contributed by atoms with Gasteiger partial charge in [0.1, 0.15) is 0 Å². The Balaban J connectivity index is 1.51. The van der Waals surface area contributed by atoms with Gasteiger partial charge in [-0.15, -0.1) is 5.10 Å². The molecule has 0 fully saturated rings. The molecular weight excluding hydrogens is 434 g/mol. The van der Waals surface area contributed by atoms with Crippen LogP contribution < -0.4 is 11.2 Å². The number of hydrogen-bond donors (Lipinski definition) is 2. The Hall–Kier alpha value is -4.38. The van der Waals surface area contributed by atoms with E-state index in [1.807, 2.05) is 62.4 Å². The van der Waals surface area contributed by atoms with E-state index < -0.39 is 5.91 Å². The third-order valence-electron chi connectivity index (χ3n) is 5.87. The second-order valence-electron chi connectivity index (χ2n) is 7.72. The van der Waals surface area contributed by atoms with Gasteiger partial charge in [-0.05, 0) is 34.5 Å². The first-order chi connectivity index (χ1) is 16.6. The van der Waals surface area contributed by atoms with E-state index in [0.29, 0.717) is 18.0 Å². The number of nitrogens with two attached hydrogens (primary N) is 1. The normalized spacial score (nSPS) is 12.0. The van der Waals surface area contributed by atoms with Crippen LogP contribution in [0.15, 0.2) is 58.3 Å². The molecule has 11 heteroatoms. The number of hydrogen-bond acceptors (Lipinski definition) is 9. The lowest BCUT2D eigenvalue weighted by molar-refractivity contribution is 0.0947. The second-order valence-corrected chi connectivity index (χ2v) is 7.72. The third kappa shape index (κ3) is 3.61. The van der Waals surface area contributed by atoms with E-state index in [1.54, 1.807) is 0 Å². The lowest BCUT2D eigenvalue weighted by Gasteiger charge is -2.18. The topological polar surface area (TPSA) is 140 Å². The molecule has 0 aliphatic heterocycles. The first-order valence-electron chi connectivity index (χ1n) is 10.9. The molecule has 0 spiro atoms. The summed E-state index contributed by atoms with van der Waals surface area (Å²) in [5.74, 6) is -0.256. The van der Waals surface area contributed by atoms with Crippen molar-refractivity contribution >= 4 is 17.4 Å². The average molecular weight is 457 g/mol. The van der Waals surface area contributed by atoms with Crippen LogP contribution in [0.3, 0.4) is 0 Å². The SMILES string of the molecule is CCN(CC)Cc1c(C(=O)NN=C2c3ccccc3-c3ccccc32)nnn1-c1nonc1N. The van der Waals surface area contributed by atoms with E-state index in [9.17, 15) is 4.79 Å². The van der Waals surface area contributed by atoms with Gasteiger partial charge in [0.05, 0.1) is 11.4 Å². The summed E-state index contributed by atoms with van der Waals surface area (Å²) in [6.45, 7) is 6.00. The van der Waals surface area contributed by atoms with Crippen LogP contribution in [0.5, 0.6) is 0 Å². The summed E-state index contributed by atoms with van der Waals surface area (Å²) in [7, 11) is 0. The Morgan fingerprint density at radius 3 is 2.21 bits per heavy atom. The van der Waals surface area contributed by atoms with Crippen LogP contribution in [0.4, 0.5) is 5.82 Å². The number of fused-ring (bicyclic) bond motifs is 3. The highest BCUT2D eigenvalue weighted by atomic mass is 16.6. The zero-order valence-corrected chi connectivity index (χ0v) is 18.8. The first kappa shape index (κ1) is 21.5. The van der Waals surface area contributed by atoms with Crippen LogP contribution in [0.1, 0.15) is 41.2 Å². The third-order valence-corrected chi connectivity index (χ3v) is 5.87. The van der Waals surface area contributed by atoms with Gasteiger partial charge >= 0.3 is 0 Å². The molecular formula is C23H23N9O2. The maximum absolute atomic E-state index is 13.2. The number of nitrogens with zero attached hydrogens (tertiary/aromatic N) is 7. The van der Waals surface area contributed by atoms with Crippen LogP contribution in [-0.4, -0.2) is 54.9 Å². The summed E-state index contributed by atoms with van der Waals surface area (Å²) in [4.78, 5) is 15.3. The van der Waals surface area contributed by atoms with Crippen molar-refractivity contribution in [3.05, 3.63) is 71.0 Å². The molecule has 172 valence electrons. The molecule has 34 heavy (non-hydrogen) atoms. The van der Waals surface area contributed by atoms with Gasteiger partial charge in [0, 0.05) is 17.7 Å². The molecule has 2 heterocycles. The number of carbonyl (C=O) groups excluding carboxylic acids is 1. The average Bonchev–Trinajstić information content (AvgIpc) is 3.56. The molecule has 1 aliphatic rings. The minimum atomic E-state index is -0.488. The molecule has 0 saturated heterocycles. The van der Waals surface area contributed by atoms with Gasteiger partial charge < -0.3 is 5.73 Å². The number of rotatable bonds is 7. The molecule has 1 amide bonds. The standard InChI is InChI=1S/C23H23N9O2/c1-3-31(4-2)13-18-20(26-30-32(18)22-21(24)28-34-29-22)23(33)27-25-19-16-11-7-5-9-14(16)15-10-6-8-12-17(15)19/h5-12H,3-4,13H2,1-2H3,(H2,24,28)(H,27,33). The molecule has 0 bridgehead atoms. The second kappa shape index (κ2) is 8.87. The molecule has 0 unspecified atom stereocenters. The van der Waals surface area contributed by atoms with E-state index in [0.717, 1.165) is 35.3 Å². The smallest absolute Gasteiger partial charge is 0.293 e. The summed E-state index contributed by atoms with van der Waals surface area (Å²) in [6, 6.07) is 15.9. The monoisotopic (exact) mass is 457 g/mol. The van der Waals surface area contributed by atoms with E-state index in [4.69, 9.17) is 10.4 Å². The van der Waals surface area contributed by atoms with Crippen molar-refractivity contribution in [1.29, 1.82) is 0 Å². The summed E-state index contributed by atoms with van der Waals surface area (Å²) < 4.78 is 6.10. The van der Waals surface area contributed by atoms with Crippen molar-refractivity contribution in [2.75, 3.05) is 18.8 Å². The maximum Gasteiger partial charge on any atom is 0.293 e. The summed E-state index contributed by atoms with van der Waals surface area (Å²) in [5.41, 5.74) is 13.9. The van der Waals surface area contributed by atoms with E-state index >= 15 is 0 Å².